The number of aryl methyl sites for hydroxylation is 2. The molecule has 1 aromatic rings. The van der Waals surface area contributed by atoms with E-state index in [4.69, 9.17) is 5.11 Å². The highest BCUT2D eigenvalue weighted by Gasteiger charge is 2.32. The molecule has 0 saturated carbocycles. The van der Waals surface area contributed by atoms with Crippen LogP contribution in [0.15, 0.2) is 6.07 Å². The zero-order valence-corrected chi connectivity index (χ0v) is 12.5. The molecule has 5 nitrogen and oxygen atoms in total. The molecule has 1 rings (SSSR count). The summed E-state index contributed by atoms with van der Waals surface area (Å²) in [6.45, 7) is 7.68. The first-order valence-electron chi connectivity index (χ1n) is 6.14. The average Bonchev–Trinajstić information content (AvgIpc) is 2.66. The lowest BCUT2D eigenvalue weighted by molar-refractivity contribution is -0.143. The largest absolute Gasteiger partial charge is 0.480 e. The van der Waals surface area contributed by atoms with E-state index in [0.717, 1.165) is 4.88 Å². The van der Waals surface area contributed by atoms with E-state index < -0.39 is 17.5 Å². The Morgan fingerprint density at radius 1 is 1.42 bits per heavy atom. The molecule has 0 spiro atoms. The van der Waals surface area contributed by atoms with Crippen LogP contribution in [0.4, 0.5) is 4.79 Å². The zero-order chi connectivity index (χ0) is 14.6. The number of carbonyl (C=O) groups is 2. The molecule has 1 atom stereocenters. The van der Waals surface area contributed by atoms with Crippen molar-refractivity contribution in [1.82, 2.24) is 10.6 Å². The van der Waals surface area contributed by atoms with Crippen molar-refractivity contribution < 1.29 is 14.7 Å². The van der Waals surface area contributed by atoms with E-state index in [0.29, 0.717) is 13.0 Å². The summed E-state index contributed by atoms with van der Waals surface area (Å²) in [4.78, 5) is 25.1. The molecule has 0 aliphatic heterocycles. The average molecular weight is 284 g/mol. The van der Waals surface area contributed by atoms with E-state index in [9.17, 15) is 9.59 Å². The molecular weight excluding hydrogens is 264 g/mol. The lowest BCUT2D eigenvalue weighted by Crippen LogP contribution is -2.54. The lowest BCUT2D eigenvalue weighted by atomic mass is 10.00. The molecule has 0 aliphatic carbocycles. The van der Waals surface area contributed by atoms with E-state index in [1.165, 1.54) is 17.4 Å². The molecule has 0 bridgehead atoms. The third kappa shape index (κ3) is 3.96. The Labute approximate surface area is 117 Å². The molecule has 1 heterocycles. The summed E-state index contributed by atoms with van der Waals surface area (Å²) in [5.74, 6) is -1.03. The van der Waals surface area contributed by atoms with Crippen LogP contribution in [0.5, 0.6) is 0 Å². The van der Waals surface area contributed by atoms with Crippen LogP contribution in [0.25, 0.3) is 0 Å². The van der Waals surface area contributed by atoms with Gasteiger partial charge in [0, 0.05) is 9.75 Å². The third-order valence-corrected chi connectivity index (χ3v) is 4.36. The zero-order valence-electron chi connectivity index (χ0n) is 11.7. The molecule has 0 saturated heterocycles. The maximum absolute atomic E-state index is 11.7. The quantitative estimate of drug-likeness (QED) is 0.777. The lowest BCUT2D eigenvalue weighted by Gasteiger charge is -2.24. The number of urea groups is 1. The van der Waals surface area contributed by atoms with Gasteiger partial charge in [0.25, 0.3) is 0 Å². The Kier molecular flexibility index (Phi) is 4.94. The van der Waals surface area contributed by atoms with Crippen LogP contribution in [-0.2, 0) is 11.3 Å². The minimum absolute atomic E-state index is 0.326. The third-order valence-electron chi connectivity index (χ3n) is 3.21. The second-order valence-corrected chi connectivity index (χ2v) is 6.09. The van der Waals surface area contributed by atoms with Crippen molar-refractivity contribution in [3.8, 4) is 0 Å². The molecule has 0 fully saturated rings. The molecule has 106 valence electrons. The number of thiophene rings is 1. The molecule has 3 N–H and O–H groups in total. The summed E-state index contributed by atoms with van der Waals surface area (Å²) >= 11 is 1.63. The first-order chi connectivity index (χ1) is 8.78. The number of carboxylic acid groups (broad SMARTS) is 1. The summed E-state index contributed by atoms with van der Waals surface area (Å²) in [6.07, 6.45) is 0.326. The summed E-state index contributed by atoms with van der Waals surface area (Å²) in [6, 6.07) is 1.56. The van der Waals surface area contributed by atoms with Crippen molar-refractivity contribution >= 4 is 23.3 Å². The second-order valence-electron chi connectivity index (χ2n) is 4.75. The van der Waals surface area contributed by atoms with Gasteiger partial charge in [0.1, 0.15) is 5.54 Å². The van der Waals surface area contributed by atoms with Crippen LogP contribution in [0.1, 0.15) is 35.6 Å². The topological polar surface area (TPSA) is 78.4 Å². The van der Waals surface area contributed by atoms with Crippen molar-refractivity contribution in [1.29, 1.82) is 0 Å². The number of rotatable bonds is 5. The van der Waals surface area contributed by atoms with E-state index in [1.807, 2.05) is 19.9 Å². The fourth-order valence-corrected chi connectivity index (χ4v) is 2.49. The van der Waals surface area contributed by atoms with Crippen molar-refractivity contribution in [2.75, 3.05) is 0 Å². The van der Waals surface area contributed by atoms with Gasteiger partial charge in [-0.1, -0.05) is 6.92 Å². The van der Waals surface area contributed by atoms with Crippen LogP contribution >= 0.6 is 11.3 Å². The van der Waals surface area contributed by atoms with Crippen molar-refractivity contribution in [3.63, 3.8) is 0 Å². The summed E-state index contributed by atoms with van der Waals surface area (Å²) in [7, 11) is 0. The maximum Gasteiger partial charge on any atom is 0.329 e. The Morgan fingerprint density at radius 2 is 2.05 bits per heavy atom. The van der Waals surface area contributed by atoms with Crippen molar-refractivity contribution in [3.05, 3.63) is 21.4 Å². The number of amides is 2. The number of carbonyl (C=O) groups excluding carboxylic acids is 1. The molecule has 0 aliphatic rings. The predicted molar refractivity (Wildman–Crippen MR) is 75.5 cm³/mol. The highest BCUT2D eigenvalue weighted by atomic mass is 32.1. The van der Waals surface area contributed by atoms with Gasteiger partial charge < -0.3 is 15.7 Å². The Hall–Kier alpha value is -1.56. The number of nitrogens with one attached hydrogen (secondary N) is 2. The van der Waals surface area contributed by atoms with Gasteiger partial charge in [-0.05, 0) is 38.8 Å². The maximum atomic E-state index is 11.7. The molecule has 1 aromatic heterocycles. The van der Waals surface area contributed by atoms with Gasteiger partial charge in [-0.15, -0.1) is 11.3 Å². The summed E-state index contributed by atoms with van der Waals surface area (Å²) in [5, 5.41) is 14.2. The predicted octanol–water partition coefficient (Wildman–Crippen LogP) is 2.42. The normalized spacial score (nSPS) is 13.7. The van der Waals surface area contributed by atoms with Crippen LogP contribution in [-0.4, -0.2) is 22.6 Å². The number of carboxylic acids is 1. The molecule has 0 radical (unpaired) electrons. The summed E-state index contributed by atoms with van der Waals surface area (Å²) < 4.78 is 0. The Bertz CT molecular complexity index is 465. The number of hydrogen-bond acceptors (Lipinski definition) is 3. The van der Waals surface area contributed by atoms with Crippen molar-refractivity contribution in [2.24, 2.45) is 0 Å². The van der Waals surface area contributed by atoms with Crippen LogP contribution in [0.2, 0.25) is 0 Å². The molecule has 19 heavy (non-hydrogen) atoms. The Balaban J connectivity index is 2.54. The van der Waals surface area contributed by atoms with E-state index >= 15 is 0 Å². The highest BCUT2D eigenvalue weighted by molar-refractivity contribution is 7.12. The fourth-order valence-electron chi connectivity index (χ4n) is 1.49. The van der Waals surface area contributed by atoms with Gasteiger partial charge in [0.15, 0.2) is 0 Å². The molecule has 0 aromatic carbocycles. The van der Waals surface area contributed by atoms with Gasteiger partial charge >= 0.3 is 12.0 Å². The first kappa shape index (κ1) is 15.5. The fraction of sp³-hybridized carbons (Fsp3) is 0.538. The molecule has 6 heteroatoms. The van der Waals surface area contributed by atoms with Gasteiger partial charge in [-0.2, -0.15) is 0 Å². The van der Waals surface area contributed by atoms with Crippen molar-refractivity contribution in [2.45, 2.75) is 46.2 Å². The molecular formula is C13H20N2O3S. The van der Waals surface area contributed by atoms with E-state index in [-0.39, 0.29) is 0 Å². The Morgan fingerprint density at radius 3 is 2.47 bits per heavy atom. The smallest absolute Gasteiger partial charge is 0.329 e. The molecule has 1 unspecified atom stereocenters. The van der Waals surface area contributed by atoms with E-state index in [1.54, 1.807) is 18.3 Å². The number of aliphatic carboxylic acids is 1. The first-order valence-corrected chi connectivity index (χ1v) is 6.95. The number of hydrogen-bond donors (Lipinski definition) is 3. The molecule has 2 amide bonds. The minimum Gasteiger partial charge on any atom is -0.480 e. The van der Waals surface area contributed by atoms with Crippen LogP contribution in [0.3, 0.4) is 0 Å². The van der Waals surface area contributed by atoms with Gasteiger partial charge in [0.05, 0.1) is 6.54 Å². The van der Waals surface area contributed by atoms with Gasteiger partial charge in [-0.3, -0.25) is 0 Å². The second kappa shape index (κ2) is 6.06. The minimum atomic E-state index is -1.23. The van der Waals surface area contributed by atoms with Gasteiger partial charge in [-0.25, -0.2) is 9.59 Å². The van der Waals surface area contributed by atoms with Crippen LogP contribution in [0, 0.1) is 13.8 Å². The van der Waals surface area contributed by atoms with Crippen LogP contribution < -0.4 is 10.6 Å². The highest BCUT2D eigenvalue weighted by Crippen LogP contribution is 2.20. The summed E-state index contributed by atoms with van der Waals surface area (Å²) in [5.41, 5.74) is -0.0307. The SMILES string of the molecule is CCC(C)(NC(=O)NCc1cc(C)c(C)s1)C(=O)O. The van der Waals surface area contributed by atoms with Gasteiger partial charge in [0.2, 0.25) is 0 Å². The standard InChI is InChI=1S/C13H20N2O3S/c1-5-13(4,11(16)17)15-12(18)14-7-10-6-8(2)9(3)19-10/h6H,5,7H2,1-4H3,(H,16,17)(H2,14,15,18). The van der Waals surface area contributed by atoms with E-state index in [2.05, 4.69) is 10.6 Å². The monoisotopic (exact) mass is 284 g/mol.